The molecular weight excluding hydrogens is 410 g/mol. The number of furan rings is 1. The van der Waals surface area contributed by atoms with Crippen molar-refractivity contribution >= 4 is 46.1 Å². The lowest BCUT2D eigenvalue weighted by atomic mass is 10.2. The van der Waals surface area contributed by atoms with Gasteiger partial charge in [-0.15, -0.1) is 0 Å². The van der Waals surface area contributed by atoms with Crippen LogP contribution in [0.2, 0.25) is 5.02 Å². The van der Waals surface area contributed by atoms with Gasteiger partial charge >= 0.3 is 0 Å². The Morgan fingerprint density at radius 3 is 2.86 bits per heavy atom. The second-order valence-corrected chi connectivity index (χ2v) is 8.02. The maximum atomic E-state index is 13.0. The van der Waals surface area contributed by atoms with Gasteiger partial charge in [0.15, 0.2) is 17.1 Å². The molecule has 1 N–H and O–H groups in total. The van der Waals surface area contributed by atoms with Gasteiger partial charge in [0.25, 0.3) is 5.91 Å². The van der Waals surface area contributed by atoms with E-state index in [1.165, 1.54) is 0 Å². The number of carbonyl (C=O) groups is 1. The van der Waals surface area contributed by atoms with Gasteiger partial charge in [0.1, 0.15) is 5.82 Å². The highest BCUT2D eigenvalue weighted by atomic mass is 35.5. The predicted molar refractivity (Wildman–Crippen MR) is 114 cm³/mol. The number of rotatable bonds is 4. The number of benzene rings is 2. The lowest BCUT2D eigenvalue weighted by Crippen LogP contribution is -2.15. The molecule has 0 unspecified atom stereocenters. The van der Waals surface area contributed by atoms with Gasteiger partial charge in [0, 0.05) is 27.5 Å². The number of nitrogens with zero attached hydrogens (tertiary/aromatic N) is 2. The Hall–Kier alpha value is -2.90. The summed E-state index contributed by atoms with van der Waals surface area (Å²) in [5, 5.41) is 9.15. The summed E-state index contributed by atoms with van der Waals surface area (Å²) in [5.41, 5.74) is 3.39. The van der Waals surface area contributed by atoms with Crippen LogP contribution in [0.15, 0.2) is 52.9 Å². The van der Waals surface area contributed by atoms with Crippen LogP contribution in [0.25, 0.3) is 16.7 Å². The van der Waals surface area contributed by atoms with E-state index in [4.69, 9.17) is 25.9 Å². The van der Waals surface area contributed by atoms with Crippen molar-refractivity contribution in [3.8, 4) is 11.4 Å². The van der Waals surface area contributed by atoms with E-state index in [-0.39, 0.29) is 11.7 Å². The van der Waals surface area contributed by atoms with Gasteiger partial charge in [-0.25, -0.2) is 4.68 Å². The average molecular weight is 426 g/mol. The van der Waals surface area contributed by atoms with Crippen molar-refractivity contribution in [2.24, 2.45) is 0 Å². The predicted octanol–water partition coefficient (Wildman–Crippen LogP) is 5.28. The SMILES string of the molecule is COc1cccc2cc(C(=O)Nc3c4c(nn3-c3ccc(Cl)cc3)CSC4)oc12. The highest BCUT2D eigenvalue weighted by Crippen LogP contribution is 2.37. The molecular formula is C21H16ClN3O3S. The molecule has 3 heterocycles. The molecule has 8 heteroatoms. The number of anilines is 1. The zero-order valence-electron chi connectivity index (χ0n) is 15.4. The number of thioether (sulfide) groups is 1. The Morgan fingerprint density at radius 1 is 1.24 bits per heavy atom. The second-order valence-electron chi connectivity index (χ2n) is 6.60. The summed E-state index contributed by atoms with van der Waals surface area (Å²) in [6.45, 7) is 0. The van der Waals surface area contributed by atoms with Crippen molar-refractivity contribution in [3.63, 3.8) is 0 Å². The van der Waals surface area contributed by atoms with Gasteiger partial charge in [-0.05, 0) is 36.4 Å². The van der Waals surface area contributed by atoms with E-state index in [0.717, 1.165) is 33.8 Å². The summed E-state index contributed by atoms with van der Waals surface area (Å²) < 4.78 is 12.9. The van der Waals surface area contributed by atoms with E-state index in [2.05, 4.69) is 5.32 Å². The van der Waals surface area contributed by atoms with Crippen LogP contribution in [-0.4, -0.2) is 22.8 Å². The van der Waals surface area contributed by atoms with Crippen LogP contribution < -0.4 is 10.1 Å². The largest absolute Gasteiger partial charge is 0.493 e. The molecule has 1 aliphatic heterocycles. The van der Waals surface area contributed by atoms with E-state index in [1.807, 2.05) is 24.3 Å². The number of fused-ring (bicyclic) bond motifs is 2. The molecule has 1 aliphatic rings. The van der Waals surface area contributed by atoms with Gasteiger partial charge < -0.3 is 14.5 Å². The Kier molecular flexibility index (Phi) is 4.49. The molecule has 0 atom stereocenters. The molecule has 6 nitrogen and oxygen atoms in total. The second kappa shape index (κ2) is 7.17. The van der Waals surface area contributed by atoms with Crippen LogP contribution in [0.5, 0.6) is 5.75 Å². The van der Waals surface area contributed by atoms with Gasteiger partial charge in [0.2, 0.25) is 0 Å². The molecule has 1 amide bonds. The molecule has 146 valence electrons. The van der Waals surface area contributed by atoms with E-state index >= 15 is 0 Å². The number of amides is 1. The van der Waals surface area contributed by atoms with Crippen molar-refractivity contribution in [2.75, 3.05) is 12.4 Å². The number of para-hydroxylation sites is 1. The van der Waals surface area contributed by atoms with Crippen LogP contribution in [0, 0.1) is 0 Å². The van der Waals surface area contributed by atoms with Crippen LogP contribution in [0.4, 0.5) is 5.82 Å². The maximum Gasteiger partial charge on any atom is 0.292 e. The lowest BCUT2D eigenvalue weighted by molar-refractivity contribution is 0.0997. The summed E-state index contributed by atoms with van der Waals surface area (Å²) in [7, 11) is 1.57. The molecule has 4 aromatic rings. The Balaban J connectivity index is 1.53. The van der Waals surface area contributed by atoms with Crippen LogP contribution in [-0.2, 0) is 11.5 Å². The molecule has 2 aromatic carbocycles. The first-order valence-electron chi connectivity index (χ1n) is 8.96. The van der Waals surface area contributed by atoms with Crippen LogP contribution in [0.3, 0.4) is 0 Å². The van der Waals surface area contributed by atoms with E-state index < -0.39 is 0 Å². The highest BCUT2D eigenvalue weighted by Gasteiger charge is 2.26. The fraction of sp³-hybridized carbons (Fsp3) is 0.143. The van der Waals surface area contributed by atoms with Gasteiger partial charge in [0.05, 0.1) is 18.5 Å². The molecule has 0 bridgehead atoms. The number of methoxy groups -OCH3 is 1. The number of ether oxygens (including phenoxy) is 1. The maximum absolute atomic E-state index is 13.0. The topological polar surface area (TPSA) is 69.3 Å². The van der Waals surface area contributed by atoms with E-state index in [1.54, 1.807) is 47.8 Å². The zero-order chi connectivity index (χ0) is 20.0. The summed E-state index contributed by atoms with van der Waals surface area (Å²) >= 11 is 7.79. The van der Waals surface area contributed by atoms with Crippen molar-refractivity contribution in [3.05, 3.63) is 70.6 Å². The minimum atomic E-state index is -0.335. The first-order chi connectivity index (χ1) is 14.1. The number of carbonyl (C=O) groups excluding carboxylic acids is 1. The summed E-state index contributed by atoms with van der Waals surface area (Å²) in [6, 6.07) is 14.6. The average Bonchev–Trinajstić information content (AvgIpc) is 3.43. The standard InChI is InChI=1S/C21H16ClN3O3S/c1-27-17-4-2-3-12-9-18(28-19(12)17)21(26)23-20-15-10-29-11-16(15)24-25(20)14-7-5-13(22)6-8-14/h2-9H,10-11H2,1H3,(H,23,26). The smallest absolute Gasteiger partial charge is 0.292 e. The number of hydrogen-bond acceptors (Lipinski definition) is 5. The summed E-state index contributed by atoms with van der Waals surface area (Å²) in [6.07, 6.45) is 0. The number of hydrogen-bond donors (Lipinski definition) is 1. The fourth-order valence-corrected chi connectivity index (χ4v) is 4.55. The normalized spacial score (nSPS) is 12.9. The third-order valence-electron chi connectivity index (χ3n) is 4.81. The van der Waals surface area contributed by atoms with Crippen LogP contribution in [0.1, 0.15) is 21.8 Å². The minimum absolute atomic E-state index is 0.216. The Bertz CT molecular complexity index is 1230. The molecule has 29 heavy (non-hydrogen) atoms. The molecule has 0 saturated heterocycles. The van der Waals surface area contributed by atoms with Gasteiger partial charge in [-0.1, -0.05) is 23.7 Å². The Morgan fingerprint density at radius 2 is 2.07 bits per heavy atom. The van der Waals surface area contributed by atoms with E-state index in [0.29, 0.717) is 22.2 Å². The molecule has 0 radical (unpaired) electrons. The van der Waals surface area contributed by atoms with Crippen molar-refractivity contribution in [1.82, 2.24) is 9.78 Å². The van der Waals surface area contributed by atoms with Crippen molar-refractivity contribution < 1.29 is 13.9 Å². The minimum Gasteiger partial charge on any atom is -0.493 e. The van der Waals surface area contributed by atoms with Crippen molar-refractivity contribution in [1.29, 1.82) is 0 Å². The summed E-state index contributed by atoms with van der Waals surface area (Å²) in [5.74, 6) is 2.74. The van der Waals surface area contributed by atoms with Gasteiger partial charge in [-0.3, -0.25) is 4.79 Å². The Labute approximate surface area is 175 Å². The third kappa shape index (κ3) is 3.16. The molecule has 5 rings (SSSR count). The van der Waals surface area contributed by atoms with Gasteiger partial charge in [-0.2, -0.15) is 16.9 Å². The summed E-state index contributed by atoms with van der Waals surface area (Å²) in [4.78, 5) is 13.0. The molecule has 2 aromatic heterocycles. The first kappa shape index (κ1) is 18.1. The highest BCUT2D eigenvalue weighted by molar-refractivity contribution is 7.98. The molecule has 0 saturated carbocycles. The molecule has 0 fully saturated rings. The number of nitrogens with one attached hydrogen (secondary N) is 1. The molecule has 0 spiro atoms. The van der Waals surface area contributed by atoms with Crippen LogP contribution >= 0.6 is 23.4 Å². The number of aromatic nitrogens is 2. The van der Waals surface area contributed by atoms with Crippen molar-refractivity contribution in [2.45, 2.75) is 11.5 Å². The monoisotopic (exact) mass is 425 g/mol. The number of halogens is 1. The first-order valence-corrected chi connectivity index (χ1v) is 10.5. The van der Waals surface area contributed by atoms with E-state index in [9.17, 15) is 4.79 Å². The quantitative estimate of drug-likeness (QED) is 0.481. The molecule has 0 aliphatic carbocycles. The third-order valence-corrected chi connectivity index (χ3v) is 6.03. The zero-order valence-corrected chi connectivity index (χ0v) is 17.0. The lowest BCUT2D eigenvalue weighted by Gasteiger charge is -2.10. The fourth-order valence-electron chi connectivity index (χ4n) is 3.39.